The molecule has 4 fully saturated rings. The fourth-order valence-electron chi connectivity index (χ4n) is 6.21. The molecule has 0 radical (unpaired) electrons. The third kappa shape index (κ3) is 2.46. The van der Waals surface area contributed by atoms with Crippen molar-refractivity contribution in [2.75, 3.05) is 5.75 Å². The normalized spacial score (nSPS) is 48.7. The summed E-state index contributed by atoms with van der Waals surface area (Å²) >= 11 is 0. The van der Waals surface area contributed by atoms with Crippen LogP contribution < -0.4 is 4.72 Å². The summed E-state index contributed by atoms with van der Waals surface area (Å²) in [6, 6.07) is 0. The second-order valence-corrected chi connectivity index (χ2v) is 10.2. The van der Waals surface area contributed by atoms with Gasteiger partial charge in [-0.2, -0.15) is 0 Å². The lowest BCUT2D eigenvalue weighted by Crippen LogP contribution is -2.65. The van der Waals surface area contributed by atoms with E-state index in [4.69, 9.17) is 0 Å². The van der Waals surface area contributed by atoms with Crippen molar-refractivity contribution in [1.29, 1.82) is 0 Å². The van der Waals surface area contributed by atoms with Crippen molar-refractivity contribution in [3.63, 3.8) is 0 Å². The minimum atomic E-state index is -3.10. The average molecular weight is 285 g/mol. The van der Waals surface area contributed by atoms with Crippen LogP contribution in [0.25, 0.3) is 0 Å². The number of sulfonamides is 1. The van der Waals surface area contributed by atoms with Crippen LogP contribution >= 0.6 is 0 Å². The fraction of sp³-hybridized carbons (Fsp3) is 1.00. The maximum absolute atomic E-state index is 12.2. The second-order valence-electron chi connectivity index (χ2n) is 8.33. The van der Waals surface area contributed by atoms with Crippen LogP contribution in [0.5, 0.6) is 0 Å². The molecule has 0 heterocycles. The van der Waals surface area contributed by atoms with Gasteiger partial charge >= 0.3 is 0 Å². The SMILES string of the molecule is CCCS(=O)(=O)NC12CC3CC(C)(CC(C)(C3)C1)C2. The van der Waals surface area contributed by atoms with E-state index in [-0.39, 0.29) is 11.3 Å². The molecule has 0 aromatic rings. The Bertz CT molecular complexity index is 466. The lowest BCUT2D eigenvalue weighted by atomic mass is 9.43. The fourth-order valence-corrected chi connectivity index (χ4v) is 7.74. The van der Waals surface area contributed by atoms with Crippen LogP contribution in [0.3, 0.4) is 0 Å². The summed E-state index contributed by atoms with van der Waals surface area (Å²) in [6.07, 6.45) is 7.77. The molecule has 0 spiro atoms. The lowest BCUT2D eigenvalue weighted by Gasteiger charge is -2.65. The molecule has 19 heavy (non-hydrogen) atoms. The van der Waals surface area contributed by atoms with Crippen LogP contribution in [0.4, 0.5) is 0 Å². The van der Waals surface area contributed by atoms with E-state index in [1.165, 1.54) is 19.3 Å². The molecule has 4 rings (SSSR count). The highest BCUT2D eigenvalue weighted by Gasteiger charge is 2.60. The van der Waals surface area contributed by atoms with Gasteiger partial charge in [-0.15, -0.1) is 0 Å². The van der Waals surface area contributed by atoms with Gasteiger partial charge in [0.25, 0.3) is 0 Å². The molecule has 1 N–H and O–H groups in total. The molecular formula is C15H27NO2S. The zero-order valence-electron chi connectivity index (χ0n) is 12.5. The van der Waals surface area contributed by atoms with Crippen molar-refractivity contribution in [1.82, 2.24) is 4.72 Å². The van der Waals surface area contributed by atoms with E-state index in [0.29, 0.717) is 17.3 Å². The van der Waals surface area contributed by atoms with Gasteiger partial charge < -0.3 is 0 Å². The Morgan fingerprint density at radius 3 is 2.11 bits per heavy atom. The molecular weight excluding hydrogens is 258 g/mol. The maximum Gasteiger partial charge on any atom is 0.212 e. The first-order chi connectivity index (χ1) is 8.67. The van der Waals surface area contributed by atoms with E-state index in [1.807, 2.05) is 6.92 Å². The summed E-state index contributed by atoms with van der Waals surface area (Å²) in [5, 5.41) is 0. The Kier molecular flexibility index (Phi) is 2.90. The van der Waals surface area contributed by atoms with Crippen LogP contribution in [0.2, 0.25) is 0 Å². The predicted octanol–water partition coefficient (Wildman–Crippen LogP) is 3.06. The molecule has 4 aliphatic carbocycles. The molecule has 110 valence electrons. The summed E-state index contributed by atoms with van der Waals surface area (Å²) < 4.78 is 27.5. The summed E-state index contributed by atoms with van der Waals surface area (Å²) in [6.45, 7) is 6.68. The molecule has 0 saturated heterocycles. The Balaban J connectivity index is 1.89. The molecule has 2 atom stereocenters. The number of nitrogens with one attached hydrogen (secondary N) is 1. The van der Waals surface area contributed by atoms with E-state index in [2.05, 4.69) is 18.6 Å². The van der Waals surface area contributed by atoms with Crippen molar-refractivity contribution in [2.45, 2.75) is 71.3 Å². The van der Waals surface area contributed by atoms with Crippen molar-refractivity contribution in [3.8, 4) is 0 Å². The molecule has 3 nitrogen and oxygen atoms in total. The Hall–Kier alpha value is -0.0900. The average Bonchev–Trinajstić information content (AvgIpc) is 2.07. The highest BCUT2D eigenvalue weighted by Crippen LogP contribution is 2.66. The Labute approximate surface area is 117 Å². The van der Waals surface area contributed by atoms with Crippen LogP contribution in [0.1, 0.15) is 65.7 Å². The largest absolute Gasteiger partial charge is 0.212 e. The summed E-state index contributed by atoms with van der Waals surface area (Å²) in [7, 11) is -3.10. The van der Waals surface area contributed by atoms with Gasteiger partial charge in [0.15, 0.2) is 0 Å². The van der Waals surface area contributed by atoms with Gasteiger partial charge in [0, 0.05) is 5.54 Å². The first-order valence-electron chi connectivity index (χ1n) is 7.69. The third-order valence-electron chi connectivity index (χ3n) is 5.47. The zero-order chi connectivity index (χ0) is 13.9. The van der Waals surface area contributed by atoms with Crippen molar-refractivity contribution in [3.05, 3.63) is 0 Å². The van der Waals surface area contributed by atoms with Gasteiger partial charge in [-0.1, -0.05) is 20.8 Å². The smallest absolute Gasteiger partial charge is 0.212 e. The van der Waals surface area contributed by atoms with E-state index >= 15 is 0 Å². The van der Waals surface area contributed by atoms with E-state index in [9.17, 15) is 8.42 Å². The van der Waals surface area contributed by atoms with E-state index in [0.717, 1.165) is 25.2 Å². The van der Waals surface area contributed by atoms with Gasteiger partial charge in [-0.25, -0.2) is 13.1 Å². The quantitative estimate of drug-likeness (QED) is 0.863. The van der Waals surface area contributed by atoms with Crippen LogP contribution in [0, 0.1) is 16.7 Å². The van der Waals surface area contributed by atoms with Crippen LogP contribution in [-0.2, 0) is 10.0 Å². The van der Waals surface area contributed by atoms with Crippen molar-refractivity contribution >= 4 is 10.0 Å². The lowest BCUT2D eigenvalue weighted by molar-refractivity contribution is -0.110. The zero-order valence-corrected chi connectivity index (χ0v) is 13.3. The molecule has 4 heteroatoms. The Morgan fingerprint density at radius 2 is 1.63 bits per heavy atom. The van der Waals surface area contributed by atoms with Gasteiger partial charge in [-0.3, -0.25) is 0 Å². The van der Waals surface area contributed by atoms with Crippen LogP contribution in [-0.4, -0.2) is 19.7 Å². The molecule has 4 bridgehead atoms. The van der Waals surface area contributed by atoms with E-state index in [1.54, 1.807) is 0 Å². The molecule has 0 aromatic heterocycles. The summed E-state index contributed by atoms with van der Waals surface area (Å²) in [5.41, 5.74) is 0.600. The second kappa shape index (κ2) is 3.97. The molecule has 4 aliphatic rings. The van der Waals surface area contributed by atoms with Gasteiger partial charge in [-0.05, 0) is 61.7 Å². The minimum Gasteiger partial charge on any atom is -0.212 e. The summed E-state index contributed by atoms with van der Waals surface area (Å²) in [4.78, 5) is 0. The minimum absolute atomic E-state index is 0.128. The predicted molar refractivity (Wildman–Crippen MR) is 77.4 cm³/mol. The maximum atomic E-state index is 12.2. The Morgan fingerprint density at radius 1 is 1.05 bits per heavy atom. The first kappa shape index (κ1) is 13.9. The number of hydrogen-bond donors (Lipinski definition) is 1. The molecule has 0 aliphatic heterocycles. The standard InChI is InChI=1S/C15H27NO2S/c1-4-5-19(17,18)16-15-8-12-6-13(2,10-15)9-14(3,7-12)11-15/h12,16H,4-11H2,1-3H3. The third-order valence-corrected chi connectivity index (χ3v) is 7.16. The first-order valence-corrected chi connectivity index (χ1v) is 9.34. The van der Waals surface area contributed by atoms with Crippen LogP contribution in [0.15, 0.2) is 0 Å². The molecule has 0 aromatic carbocycles. The number of hydrogen-bond acceptors (Lipinski definition) is 2. The monoisotopic (exact) mass is 285 g/mol. The highest BCUT2D eigenvalue weighted by molar-refractivity contribution is 7.89. The van der Waals surface area contributed by atoms with Gasteiger partial charge in [0.2, 0.25) is 10.0 Å². The molecule has 2 unspecified atom stereocenters. The van der Waals surface area contributed by atoms with Crippen molar-refractivity contribution < 1.29 is 8.42 Å². The van der Waals surface area contributed by atoms with Gasteiger partial charge in [0.1, 0.15) is 0 Å². The van der Waals surface area contributed by atoms with Gasteiger partial charge in [0.05, 0.1) is 5.75 Å². The van der Waals surface area contributed by atoms with Crippen molar-refractivity contribution in [2.24, 2.45) is 16.7 Å². The summed E-state index contributed by atoms with van der Waals surface area (Å²) in [5.74, 6) is 1.00. The topological polar surface area (TPSA) is 46.2 Å². The number of rotatable bonds is 4. The highest BCUT2D eigenvalue weighted by atomic mass is 32.2. The van der Waals surface area contributed by atoms with E-state index < -0.39 is 10.0 Å². The molecule has 0 amide bonds. The molecule has 4 saturated carbocycles.